The molecule has 1 aromatic heterocycles. The number of hydrogen-bond acceptors (Lipinski definition) is 3. The van der Waals surface area contributed by atoms with E-state index < -0.39 is 11.5 Å². The van der Waals surface area contributed by atoms with E-state index in [1.165, 1.54) is 17.8 Å². The van der Waals surface area contributed by atoms with Crippen LogP contribution in [0.5, 0.6) is 0 Å². The molecule has 0 saturated heterocycles. The van der Waals surface area contributed by atoms with Gasteiger partial charge in [-0.3, -0.25) is 14.2 Å². The van der Waals surface area contributed by atoms with Gasteiger partial charge in [0.05, 0.1) is 0 Å². The SMILES string of the molecule is Cc1ccc(NC(=O)c2c[nH]c(=S)n(C)c2=O)cc1. The number of anilines is 1. The Morgan fingerprint density at radius 2 is 1.95 bits per heavy atom. The number of aryl methyl sites for hydroxylation is 1. The first-order chi connectivity index (χ1) is 8.99. The topological polar surface area (TPSA) is 66.9 Å². The molecule has 0 radical (unpaired) electrons. The van der Waals surface area contributed by atoms with Crippen molar-refractivity contribution in [1.29, 1.82) is 0 Å². The fourth-order valence-electron chi connectivity index (χ4n) is 1.56. The van der Waals surface area contributed by atoms with E-state index in [2.05, 4.69) is 10.3 Å². The molecule has 0 atom stereocenters. The number of H-pyrrole nitrogens is 1. The third-order valence-corrected chi connectivity index (χ3v) is 3.13. The van der Waals surface area contributed by atoms with Crippen molar-refractivity contribution in [2.75, 3.05) is 5.32 Å². The average Bonchev–Trinajstić information content (AvgIpc) is 2.39. The summed E-state index contributed by atoms with van der Waals surface area (Å²) >= 11 is 4.91. The van der Waals surface area contributed by atoms with Gasteiger partial charge < -0.3 is 10.3 Å². The van der Waals surface area contributed by atoms with E-state index in [9.17, 15) is 9.59 Å². The maximum Gasteiger partial charge on any atom is 0.266 e. The van der Waals surface area contributed by atoms with Crippen molar-refractivity contribution < 1.29 is 4.79 Å². The molecule has 1 aromatic carbocycles. The summed E-state index contributed by atoms with van der Waals surface area (Å²) in [5.74, 6) is -0.462. The zero-order valence-electron chi connectivity index (χ0n) is 10.6. The minimum absolute atomic E-state index is 0.0247. The molecule has 19 heavy (non-hydrogen) atoms. The summed E-state index contributed by atoms with van der Waals surface area (Å²) in [6.07, 6.45) is 1.33. The Balaban J connectivity index is 2.31. The molecule has 0 unspecified atom stereocenters. The maximum atomic E-state index is 12.0. The van der Waals surface area contributed by atoms with Crippen molar-refractivity contribution in [1.82, 2.24) is 9.55 Å². The Morgan fingerprint density at radius 3 is 2.58 bits per heavy atom. The van der Waals surface area contributed by atoms with E-state index in [4.69, 9.17) is 12.2 Å². The van der Waals surface area contributed by atoms with Crippen LogP contribution in [-0.4, -0.2) is 15.5 Å². The molecule has 6 heteroatoms. The van der Waals surface area contributed by atoms with Gasteiger partial charge in [-0.1, -0.05) is 17.7 Å². The van der Waals surface area contributed by atoms with Gasteiger partial charge in [0, 0.05) is 18.9 Å². The summed E-state index contributed by atoms with van der Waals surface area (Å²) in [6.45, 7) is 1.96. The van der Waals surface area contributed by atoms with E-state index in [0.29, 0.717) is 5.69 Å². The minimum atomic E-state index is -0.462. The van der Waals surface area contributed by atoms with Gasteiger partial charge in [-0.25, -0.2) is 0 Å². The van der Waals surface area contributed by atoms with Crippen LogP contribution >= 0.6 is 12.2 Å². The van der Waals surface area contributed by atoms with Crippen LogP contribution in [0.3, 0.4) is 0 Å². The van der Waals surface area contributed by atoms with Gasteiger partial charge in [-0.15, -0.1) is 0 Å². The number of hydrogen-bond donors (Lipinski definition) is 2. The lowest BCUT2D eigenvalue weighted by molar-refractivity contribution is 0.102. The Hall–Kier alpha value is -2.21. The van der Waals surface area contributed by atoms with E-state index in [-0.39, 0.29) is 10.3 Å². The number of aromatic amines is 1. The Kier molecular flexibility index (Phi) is 3.62. The van der Waals surface area contributed by atoms with Gasteiger partial charge in [0.15, 0.2) is 4.77 Å². The van der Waals surface area contributed by atoms with Crippen LogP contribution in [0.4, 0.5) is 5.69 Å². The Morgan fingerprint density at radius 1 is 1.32 bits per heavy atom. The number of benzene rings is 1. The number of carbonyl (C=O) groups excluding carboxylic acids is 1. The number of amides is 1. The van der Waals surface area contributed by atoms with Gasteiger partial charge in [-0.2, -0.15) is 0 Å². The highest BCUT2D eigenvalue weighted by Crippen LogP contribution is 2.09. The molecule has 0 spiro atoms. The second-order valence-electron chi connectivity index (χ2n) is 4.19. The lowest BCUT2D eigenvalue weighted by atomic mass is 10.2. The molecule has 98 valence electrons. The fraction of sp³-hybridized carbons (Fsp3) is 0.154. The van der Waals surface area contributed by atoms with Crippen LogP contribution < -0.4 is 10.9 Å². The van der Waals surface area contributed by atoms with Crippen LogP contribution in [0, 0.1) is 11.7 Å². The first-order valence-corrected chi connectivity index (χ1v) is 6.06. The van der Waals surface area contributed by atoms with Crippen LogP contribution in [0.15, 0.2) is 35.3 Å². The third-order valence-electron chi connectivity index (χ3n) is 2.73. The van der Waals surface area contributed by atoms with Gasteiger partial charge in [0.25, 0.3) is 11.5 Å². The number of aromatic nitrogens is 2. The summed E-state index contributed by atoms with van der Waals surface area (Å²) in [5.41, 5.74) is 1.34. The zero-order chi connectivity index (χ0) is 14.0. The monoisotopic (exact) mass is 275 g/mol. The minimum Gasteiger partial charge on any atom is -0.338 e. The second kappa shape index (κ2) is 5.19. The molecule has 0 fully saturated rings. The Labute approximate surface area is 114 Å². The predicted molar refractivity (Wildman–Crippen MR) is 76.0 cm³/mol. The number of rotatable bonds is 2. The smallest absolute Gasteiger partial charge is 0.266 e. The van der Waals surface area contributed by atoms with Gasteiger partial charge in [-0.05, 0) is 31.3 Å². The molecule has 1 amide bonds. The quantitative estimate of drug-likeness (QED) is 0.824. The molecule has 2 aromatic rings. The van der Waals surface area contributed by atoms with E-state index in [1.54, 1.807) is 12.1 Å². The van der Waals surface area contributed by atoms with Crippen molar-refractivity contribution in [2.24, 2.45) is 7.05 Å². The van der Waals surface area contributed by atoms with E-state index in [1.807, 2.05) is 19.1 Å². The lowest BCUT2D eigenvalue weighted by Crippen LogP contribution is -2.28. The third kappa shape index (κ3) is 2.79. The van der Waals surface area contributed by atoms with Crippen molar-refractivity contribution in [3.8, 4) is 0 Å². The van der Waals surface area contributed by atoms with Crippen molar-refractivity contribution in [3.05, 3.63) is 56.7 Å². The van der Waals surface area contributed by atoms with Crippen molar-refractivity contribution in [3.63, 3.8) is 0 Å². The number of carbonyl (C=O) groups is 1. The Bertz CT molecular complexity index is 729. The fourth-order valence-corrected chi connectivity index (χ4v) is 1.71. The van der Waals surface area contributed by atoms with Crippen LogP contribution in [0.25, 0.3) is 0 Å². The van der Waals surface area contributed by atoms with Crippen LogP contribution in [0.1, 0.15) is 15.9 Å². The van der Waals surface area contributed by atoms with Gasteiger partial charge in [0.1, 0.15) is 5.56 Å². The van der Waals surface area contributed by atoms with Crippen molar-refractivity contribution >= 4 is 23.8 Å². The van der Waals surface area contributed by atoms with Crippen LogP contribution in [-0.2, 0) is 7.05 Å². The predicted octanol–water partition coefficient (Wildman–Crippen LogP) is 2.00. The summed E-state index contributed by atoms with van der Waals surface area (Å²) in [6, 6.07) is 7.32. The summed E-state index contributed by atoms with van der Waals surface area (Å²) in [5, 5.41) is 2.67. The van der Waals surface area contributed by atoms with Gasteiger partial charge >= 0.3 is 0 Å². The zero-order valence-corrected chi connectivity index (χ0v) is 11.4. The highest BCUT2D eigenvalue weighted by molar-refractivity contribution is 7.71. The molecule has 0 saturated carbocycles. The average molecular weight is 275 g/mol. The largest absolute Gasteiger partial charge is 0.338 e. The first kappa shape index (κ1) is 13.2. The van der Waals surface area contributed by atoms with Crippen molar-refractivity contribution in [2.45, 2.75) is 6.92 Å². The summed E-state index contributed by atoms with van der Waals surface area (Å²) in [4.78, 5) is 26.6. The van der Waals surface area contributed by atoms with E-state index in [0.717, 1.165) is 5.56 Å². The second-order valence-corrected chi connectivity index (χ2v) is 4.58. The van der Waals surface area contributed by atoms with E-state index >= 15 is 0 Å². The normalized spacial score (nSPS) is 10.2. The molecule has 2 rings (SSSR count). The van der Waals surface area contributed by atoms with Crippen LogP contribution in [0.2, 0.25) is 0 Å². The lowest BCUT2D eigenvalue weighted by Gasteiger charge is -2.06. The molecule has 0 aliphatic heterocycles. The molecule has 0 bridgehead atoms. The molecule has 0 aliphatic rings. The summed E-state index contributed by atoms with van der Waals surface area (Å²) < 4.78 is 1.50. The number of nitrogens with one attached hydrogen (secondary N) is 2. The molecule has 0 aliphatic carbocycles. The highest BCUT2D eigenvalue weighted by Gasteiger charge is 2.12. The molecule has 1 heterocycles. The standard InChI is InChI=1S/C13H13N3O2S/c1-8-3-5-9(6-4-8)15-11(17)10-7-14-13(19)16(2)12(10)18/h3-7H,1-2H3,(H,14,19)(H,15,17). The number of nitrogens with zero attached hydrogens (tertiary/aromatic N) is 1. The highest BCUT2D eigenvalue weighted by atomic mass is 32.1. The first-order valence-electron chi connectivity index (χ1n) is 5.66. The molecule has 5 nitrogen and oxygen atoms in total. The maximum absolute atomic E-state index is 12.0. The molecule has 2 N–H and O–H groups in total. The molecular weight excluding hydrogens is 262 g/mol. The van der Waals surface area contributed by atoms with Gasteiger partial charge in [0.2, 0.25) is 0 Å². The molecular formula is C13H13N3O2S. The summed E-state index contributed by atoms with van der Waals surface area (Å²) in [7, 11) is 1.52.